The quantitative estimate of drug-likeness (QED) is 0.741. The number of hydrogen-bond acceptors (Lipinski definition) is 4. The molecule has 0 aliphatic heterocycles. The van der Waals surface area contributed by atoms with Gasteiger partial charge >= 0.3 is 0 Å². The van der Waals surface area contributed by atoms with Gasteiger partial charge in [-0.05, 0) is 18.8 Å². The minimum Gasteiger partial charge on any atom is -0.373 e. The van der Waals surface area contributed by atoms with Crippen molar-refractivity contribution in [3.63, 3.8) is 0 Å². The van der Waals surface area contributed by atoms with Gasteiger partial charge in [0.05, 0.1) is 0 Å². The van der Waals surface area contributed by atoms with Crippen molar-refractivity contribution in [2.45, 2.75) is 40.2 Å². The molecule has 0 amide bonds. The first-order valence-corrected chi connectivity index (χ1v) is 6.28. The van der Waals surface area contributed by atoms with Gasteiger partial charge in [0.2, 0.25) is 0 Å². The molecular weight excluding hydrogens is 214 g/mol. The molecule has 0 unspecified atom stereocenters. The van der Waals surface area contributed by atoms with Crippen LogP contribution in [0.25, 0.3) is 0 Å². The summed E-state index contributed by atoms with van der Waals surface area (Å²) in [6, 6.07) is 2.00. The van der Waals surface area contributed by atoms with Crippen molar-refractivity contribution in [3.8, 4) is 0 Å². The van der Waals surface area contributed by atoms with Crippen molar-refractivity contribution < 1.29 is 4.74 Å². The Kier molecular flexibility index (Phi) is 5.91. The molecule has 0 aromatic carbocycles. The van der Waals surface area contributed by atoms with Crippen molar-refractivity contribution >= 4 is 5.82 Å². The van der Waals surface area contributed by atoms with E-state index in [-0.39, 0.29) is 0 Å². The lowest BCUT2D eigenvalue weighted by Crippen LogP contribution is -2.07. The van der Waals surface area contributed by atoms with Crippen LogP contribution in [0.5, 0.6) is 0 Å². The number of nitrogens with one attached hydrogen (secondary N) is 1. The Morgan fingerprint density at radius 1 is 1.35 bits per heavy atom. The second-order valence-corrected chi connectivity index (χ2v) is 4.56. The second kappa shape index (κ2) is 7.22. The van der Waals surface area contributed by atoms with E-state index >= 15 is 0 Å². The predicted molar refractivity (Wildman–Crippen MR) is 70.1 cm³/mol. The third-order valence-corrected chi connectivity index (χ3v) is 2.28. The molecule has 96 valence electrons. The fraction of sp³-hybridized carbons (Fsp3) is 0.692. The number of rotatable bonds is 7. The summed E-state index contributed by atoms with van der Waals surface area (Å²) >= 11 is 0. The van der Waals surface area contributed by atoms with E-state index in [1.165, 1.54) is 0 Å². The number of ether oxygens (including phenoxy) is 1. The molecular formula is C13H23N3O. The van der Waals surface area contributed by atoms with Crippen LogP contribution < -0.4 is 5.32 Å². The highest BCUT2D eigenvalue weighted by Gasteiger charge is 2.06. The predicted octanol–water partition coefficient (Wildman–Crippen LogP) is 2.64. The highest BCUT2D eigenvalue weighted by atomic mass is 16.5. The minimum atomic E-state index is 0.494. The zero-order valence-corrected chi connectivity index (χ0v) is 11.3. The summed E-state index contributed by atoms with van der Waals surface area (Å²) in [7, 11) is 1.87. The summed E-state index contributed by atoms with van der Waals surface area (Å²) in [5.41, 5.74) is 1.08. The molecule has 1 aromatic rings. The standard InChI is InChI=1S/C13H23N3O/c1-5-6-17-9-13-15-11(7-10(2)3)8-12(14-4)16-13/h8,10H,5-7,9H2,1-4H3,(H,14,15,16). The zero-order valence-electron chi connectivity index (χ0n) is 11.3. The van der Waals surface area contributed by atoms with Gasteiger partial charge < -0.3 is 10.1 Å². The van der Waals surface area contributed by atoms with Gasteiger partial charge in [-0.15, -0.1) is 0 Å². The van der Waals surface area contributed by atoms with Crippen molar-refractivity contribution in [1.82, 2.24) is 9.97 Å². The molecule has 0 saturated carbocycles. The lowest BCUT2D eigenvalue weighted by molar-refractivity contribution is 0.116. The van der Waals surface area contributed by atoms with Gasteiger partial charge in [-0.3, -0.25) is 0 Å². The first-order valence-electron chi connectivity index (χ1n) is 6.28. The fourth-order valence-corrected chi connectivity index (χ4v) is 1.58. The Hall–Kier alpha value is -1.16. The Bertz CT molecular complexity index is 339. The van der Waals surface area contributed by atoms with Crippen LogP contribution in [-0.2, 0) is 17.8 Å². The molecule has 0 bridgehead atoms. The van der Waals surface area contributed by atoms with Crippen LogP contribution in [-0.4, -0.2) is 23.6 Å². The zero-order chi connectivity index (χ0) is 12.7. The third-order valence-electron chi connectivity index (χ3n) is 2.28. The summed E-state index contributed by atoms with van der Waals surface area (Å²) < 4.78 is 5.48. The number of anilines is 1. The molecule has 0 radical (unpaired) electrons. The molecule has 0 saturated heterocycles. The number of nitrogens with zero attached hydrogens (tertiary/aromatic N) is 2. The van der Waals surface area contributed by atoms with Crippen LogP contribution in [0, 0.1) is 5.92 Å². The smallest absolute Gasteiger partial charge is 0.156 e. The number of aromatic nitrogens is 2. The van der Waals surface area contributed by atoms with Gasteiger partial charge in [0.15, 0.2) is 5.82 Å². The van der Waals surface area contributed by atoms with E-state index in [0.29, 0.717) is 12.5 Å². The van der Waals surface area contributed by atoms with Gasteiger partial charge in [-0.25, -0.2) is 9.97 Å². The van der Waals surface area contributed by atoms with Gasteiger partial charge in [0.25, 0.3) is 0 Å². The van der Waals surface area contributed by atoms with E-state index in [1.807, 2.05) is 13.1 Å². The molecule has 17 heavy (non-hydrogen) atoms. The maximum Gasteiger partial charge on any atom is 0.156 e. The van der Waals surface area contributed by atoms with Gasteiger partial charge in [0, 0.05) is 25.4 Å². The van der Waals surface area contributed by atoms with E-state index in [1.54, 1.807) is 0 Å². The molecule has 0 aliphatic carbocycles. The van der Waals surface area contributed by atoms with Crippen LogP contribution >= 0.6 is 0 Å². The molecule has 1 heterocycles. The van der Waals surface area contributed by atoms with Crippen molar-refractivity contribution in [2.75, 3.05) is 19.0 Å². The molecule has 0 fully saturated rings. The van der Waals surface area contributed by atoms with Crippen LogP contribution in [0.15, 0.2) is 6.07 Å². The average molecular weight is 237 g/mol. The first-order chi connectivity index (χ1) is 8.15. The van der Waals surface area contributed by atoms with Crippen LogP contribution in [0.3, 0.4) is 0 Å². The summed E-state index contributed by atoms with van der Waals surface area (Å²) in [5, 5.41) is 3.06. The van der Waals surface area contributed by atoms with E-state index in [2.05, 4.69) is 36.1 Å². The second-order valence-electron chi connectivity index (χ2n) is 4.56. The van der Waals surface area contributed by atoms with Crippen LogP contribution in [0.1, 0.15) is 38.7 Å². The number of hydrogen-bond donors (Lipinski definition) is 1. The topological polar surface area (TPSA) is 47.0 Å². The molecule has 4 heteroatoms. The molecule has 0 spiro atoms. The van der Waals surface area contributed by atoms with Crippen molar-refractivity contribution in [3.05, 3.63) is 17.6 Å². The Morgan fingerprint density at radius 2 is 2.12 bits per heavy atom. The fourth-order valence-electron chi connectivity index (χ4n) is 1.58. The van der Waals surface area contributed by atoms with E-state index in [4.69, 9.17) is 4.74 Å². The maximum atomic E-state index is 5.48. The lowest BCUT2D eigenvalue weighted by atomic mass is 10.1. The Balaban J connectivity index is 2.74. The SMILES string of the molecule is CCCOCc1nc(CC(C)C)cc(NC)n1. The molecule has 4 nitrogen and oxygen atoms in total. The largest absolute Gasteiger partial charge is 0.373 e. The summed E-state index contributed by atoms with van der Waals surface area (Å²) in [6.07, 6.45) is 1.99. The molecule has 1 N–H and O–H groups in total. The molecule has 1 aromatic heterocycles. The maximum absolute atomic E-state index is 5.48. The Labute approximate surface area is 104 Å². The van der Waals surface area contributed by atoms with Crippen molar-refractivity contribution in [1.29, 1.82) is 0 Å². The summed E-state index contributed by atoms with van der Waals surface area (Å²) in [6.45, 7) is 7.72. The van der Waals surface area contributed by atoms with Gasteiger partial charge in [-0.1, -0.05) is 20.8 Å². The van der Waals surface area contributed by atoms with Crippen LogP contribution in [0.4, 0.5) is 5.82 Å². The monoisotopic (exact) mass is 237 g/mol. The van der Waals surface area contributed by atoms with E-state index in [0.717, 1.165) is 36.8 Å². The van der Waals surface area contributed by atoms with Crippen molar-refractivity contribution in [2.24, 2.45) is 5.92 Å². The summed E-state index contributed by atoms with van der Waals surface area (Å²) in [5.74, 6) is 2.23. The van der Waals surface area contributed by atoms with Gasteiger partial charge in [0.1, 0.15) is 12.4 Å². The van der Waals surface area contributed by atoms with E-state index in [9.17, 15) is 0 Å². The first kappa shape index (κ1) is 13.9. The van der Waals surface area contributed by atoms with E-state index < -0.39 is 0 Å². The highest BCUT2D eigenvalue weighted by molar-refractivity contribution is 5.35. The highest BCUT2D eigenvalue weighted by Crippen LogP contribution is 2.11. The normalized spacial score (nSPS) is 10.9. The molecule has 1 rings (SSSR count). The van der Waals surface area contributed by atoms with Gasteiger partial charge in [-0.2, -0.15) is 0 Å². The molecule has 0 atom stereocenters. The average Bonchev–Trinajstić information content (AvgIpc) is 2.28. The summed E-state index contributed by atoms with van der Waals surface area (Å²) in [4.78, 5) is 8.90. The third kappa shape index (κ3) is 5.13. The Morgan fingerprint density at radius 3 is 2.71 bits per heavy atom. The lowest BCUT2D eigenvalue weighted by Gasteiger charge is -2.09. The van der Waals surface area contributed by atoms with Crippen LogP contribution in [0.2, 0.25) is 0 Å². The minimum absolute atomic E-state index is 0.494. The molecule has 0 aliphatic rings.